The van der Waals surface area contributed by atoms with Crippen LogP contribution in [0.2, 0.25) is 0 Å². The summed E-state index contributed by atoms with van der Waals surface area (Å²) in [5.41, 5.74) is 4.45. The lowest BCUT2D eigenvalue weighted by molar-refractivity contribution is -0.116. The summed E-state index contributed by atoms with van der Waals surface area (Å²) in [6, 6.07) is 14.1. The summed E-state index contributed by atoms with van der Waals surface area (Å²) in [6.45, 7) is 4.90. The van der Waals surface area contributed by atoms with Gasteiger partial charge < -0.3 is 20.6 Å². The van der Waals surface area contributed by atoms with Gasteiger partial charge in [0.05, 0.1) is 6.10 Å². The number of amides is 1. The number of aliphatic hydroxyl groups is 1. The summed E-state index contributed by atoms with van der Waals surface area (Å²) in [6.07, 6.45) is 0.949. The number of nitrogens with one attached hydrogen (secondary N) is 2. The van der Waals surface area contributed by atoms with Gasteiger partial charge in [0.25, 0.3) is 0 Å². The molecule has 0 radical (unpaired) electrons. The summed E-state index contributed by atoms with van der Waals surface area (Å²) in [5.74, 6) is 0.102. The molecule has 0 saturated carbocycles. The number of hydrogen-bond acceptors (Lipinski definition) is 5. The minimum absolute atomic E-state index is 0. The minimum Gasteiger partial charge on any atom is -0.390 e. The number of fused-ring (bicyclic) bond motifs is 1. The lowest BCUT2D eigenvalue weighted by Crippen LogP contribution is -2.49. The van der Waals surface area contributed by atoms with Gasteiger partial charge in [-0.15, -0.1) is 12.4 Å². The zero-order valence-electron chi connectivity index (χ0n) is 16.8. The Bertz CT molecular complexity index is 857. The number of benzene rings is 2. The second kappa shape index (κ2) is 10.5. The van der Waals surface area contributed by atoms with E-state index in [-0.39, 0.29) is 18.3 Å². The molecule has 0 bridgehead atoms. The van der Waals surface area contributed by atoms with E-state index < -0.39 is 6.10 Å². The van der Waals surface area contributed by atoms with Gasteiger partial charge in [0, 0.05) is 67.2 Å². The number of β-amino-alcohol motifs (C(OH)–C–C–N with tert-alkyl or cyclic N) is 1. The van der Waals surface area contributed by atoms with E-state index in [4.69, 9.17) is 0 Å². The summed E-state index contributed by atoms with van der Waals surface area (Å²) >= 11 is 3.43. The van der Waals surface area contributed by atoms with Crippen LogP contribution in [0.1, 0.15) is 12.0 Å². The van der Waals surface area contributed by atoms with Gasteiger partial charge in [-0.05, 0) is 48.4 Å². The average molecular weight is 496 g/mol. The van der Waals surface area contributed by atoms with Crippen LogP contribution in [0.4, 0.5) is 17.1 Å². The fourth-order valence-corrected chi connectivity index (χ4v) is 4.30. The monoisotopic (exact) mass is 494 g/mol. The molecule has 4 rings (SSSR count). The lowest BCUT2D eigenvalue weighted by Gasteiger charge is -2.38. The number of piperazine rings is 1. The molecule has 30 heavy (non-hydrogen) atoms. The van der Waals surface area contributed by atoms with Crippen molar-refractivity contribution in [3.05, 3.63) is 52.5 Å². The Hall–Kier alpha value is -1.80. The minimum atomic E-state index is -0.412. The van der Waals surface area contributed by atoms with Crippen molar-refractivity contribution in [2.24, 2.45) is 0 Å². The SMILES string of the molecule is Cl.O=C1CCc2c(cccc2N2CCN(C[C@H](O)CNc3ccc(Br)cc3)CC2)N1. The largest absolute Gasteiger partial charge is 0.390 e. The summed E-state index contributed by atoms with van der Waals surface area (Å²) in [5, 5.41) is 16.7. The molecular formula is C22H28BrClN4O2. The molecule has 2 aromatic rings. The number of carbonyl (C=O) groups is 1. The Morgan fingerprint density at radius 3 is 2.53 bits per heavy atom. The topological polar surface area (TPSA) is 67.8 Å². The Balaban J connectivity index is 0.00000256. The van der Waals surface area contributed by atoms with Gasteiger partial charge in [0.2, 0.25) is 5.91 Å². The highest BCUT2D eigenvalue weighted by atomic mass is 79.9. The van der Waals surface area contributed by atoms with Crippen molar-refractivity contribution in [3.63, 3.8) is 0 Å². The molecule has 1 atom stereocenters. The number of hydrogen-bond donors (Lipinski definition) is 3. The molecule has 0 aliphatic carbocycles. The predicted octanol–water partition coefficient (Wildman–Crippen LogP) is 3.35. The van der Waals surface area contributed by atoms with Crippen LogP contribution in [0.5, 0.6) is 0 Å². The van der Waals surface area contributed by atoms with E-state index in [1.165, 1.54) is 11.3 Å². The number of anilines is 3. The molecule has 3 N–H and O–H groups in total. The second-order valence-electron chi connectivity index (χ2n) is 7.68. The Kier molecular flexibility index (Phi) is 7.99. The normalized spacial score (nSPS) is 17.5. The third-order valence-corrected chi connectivity index (χ3v) is 6.12. The van der Waals surface area contributed by atoms with Crippen LogP contribution in [0.3, 0.4) is 0 Å². The highest BCUT2D eigenvalue weighted by Crippen LogP contribution is 2.32. The van der Waals surface area contributed by atoms with Crippen molar-refractivity contribution in [1.29, 1.82) is 0 Å². The molecule has 8 heteroatoms. The Labute approximate surface area is 192 Å². The van der Waals surface area contributed by atoms with Gasteiger partial charge in [-0.1, -0.05) is 22.0 Å². The van der Waals surface area contributed by atoms with Crippen molar-refractivity contribution in [2.45, 2.75) is 18.9 Å². The molecule has 2 aliphatic heterocycles. The van der Waals surface area contributed by atoms with Gasteiger partial charge in [0.1, 0.15) is 0 Å². The van der Waals surface area contributed by atoms with Crippen LogP contribution < -0.4 is 15.5 Å². The average Bonchev–Trinajstić information content (AvgIpc) is 2.73. The predicted molar refractivity (Wildman–Crippen MR) is 128 cm³/mol. The number of carbonyl (C=O) groups excluding carboxylic acids is 1. The van der Waals surface area contributed by atoms with E-state index in [1.54, 1.807) is 0 Å². The van der Waals surface area contributed by atoms with E-state index in [2.05, 4.69) is 42.4 Å². The molecule has 0 aromatic heterocycles. The van der Waals surface area contributed by atoms with Crippen molar-refractivity contribution >= 4 is 51.3 Å². The molecule has 6 nitrogen and oxygen atoms in total. The molecular weight excluding hydrogens is 468 g/mol. The lowest BCUT2D eigenvalue weighted by atomic mass is 10.00. The van der Waals surface area contributed by atoms with Gasteiger partial charge >= 0.3 is 0 Å². The first-order valence-corrected chi connectivity index (χ1v) is 10.9. The highest BCUT2D eigenvalue weighted by Gasteiger charge is 2.24. The first kappa shape index (κ1) is 22.9. The van der Waals surface area contributed by atoms with Crippen LogP contribution in [0, 0.1) is 0 Å². The van der Waals surface area contributed by atoms with Crippen molar-refractivity contribution in [1.82, 2.24) is 4.90 Å². The van der Waals surface area contributed by atoms with Crippen molar-refractivity contribution in [2.75, 3.05) is 54.8 Å². The van der Waals surface area contributed by atoms with E-state index in [0.717, 1.165) is 48.4 Å². The molecule has 0 spiro atoms. The highest BCUT2D eigenvalue weighted by molar-refractivity contribution is 9.10. The standard InChI is InChI=1S/C22H27BrN4O2.ClH/c23-16-4-6-17(7-5-16)24-14-18(28)15-26-10-12-27(13-11-26)21-3-1-2-20-19(21)8-9-22(29)25-20;/h1-7,18,24,28H,8-15H2,(H,25,29);1H/t18-;/m1./s1. The van der Waals surface area contributed by atoms with E-state index >= 15 is 0 Å². The zero-order valence-corrected chi connectivity index (χ0v) is 19.2. The molecule has 2 aliphatic rings. The number of aliphatic hydroxyl groups excluding tert-OH is 1. The van der Waals surface area contributed by atoms with Gasteiger partial charge in [-0.2, -0.15) is 0 Å². The smallest absolute Gasteiger partial charge is 0.224 e. The first-order chi connectivity index (χ1) is 14.1. The summed E-state index contributed by atoms with van der Waals surface area (Å²) < 4.78 is 1.04. The first-order valence-electron chi connectivity index (χ1n) is 10.1. The van der Waals surface area contributed by atoms with Crippen LogP contribution in [0.15, 0.2) is 46.9 Å². The molecule has 2 heterocycles. The molecule has 2 aromatic carbocycles. The van der Waals surface area contributed by atoms with Crippen LogP contribution >= 0.6 is 28.3 Å². The number of rotatable bonds is 6. The summed E-state index contributed by atoms with van der Waals surface area (Å²) in [7, 11) is 0. The fourth-order valence-electron chi connectivity index (χ4n) is 4.04. The number of nitrogens with zero attached hydrogens (tertiary/aromatic N) is 2. The number of halogens is 2. The maximum atomic E-state index is 11.7. The van der Waals surface area contributed by atoms with E-state index in [9.17, 15) is 9.90 Å². The summed E-state index contributed by atoms with van der Waals surface area (Å²) in [4.78, 5) is 16.4. The van der Waals surface area contributed by atoms with Crippen molar-refractivity contribution in [3.8, 4) is 0 Å². The van der Waals surface area contributed by atoms with Crippen LogP contribution in [-0.4, -0.2) is 61.3 Å². The molecule has 162 valence electrons. The molecule has 1 saturated heterocycles. The Morgan fingerprint density at radius 2 is 1.80 bits per heavy atom. The van der Waals surface area contributed by atoms with E-state index in [1.807, 2.05) is 36.4 Å². The molecule has 1 amide bonds. The third-order valence-electron chi connectivity index (χ3n) is 5.60. The molecule has 1 fully saturated rings. The molecule has 0 unspecified atom stereocenters. The maximum Gasteiger partial charge on any atom is 0.224 e. The second-order valence-corrected chi connectivity index (χ2v) is 8.60. The zero-order chi connectivity index (χ0) is 20.2. The van der Waals surface area contributed by atoms with Gasteiger partial charge in [-0.25, -0.2) is 0 Å². The maximum absolute atomic E-state index is 11.7. The van der Waals surface area contributed by atoms with E-state index in [0.29, 0.717) is 19.5 Å². The van der Waals surface area contributed by atoms with Crippen LogP contribution in [0.25, 0.3) is 0 Å². The third kappa shape index (κ3) is 5.66. The Morgan fingerprint density at radius 1 is 1.07 bits per heavy atom. The van der Waals surface area contributed by atoms with Gasteiger partial charge in [0.15, 0.2) is 0 Å². The van der Waals surface area contributed by atoms with Gasteiger partial charge in [-0.3, -0.25) is 9.69 Å². The quantitative estimate of drug-likeness (QED) is 0.573. The fraction of sp³-hybridized carbons (Fsp3) is 0.409. The van der Waals surface area contributed by atoms with Crippen LogP contribution in [-0.2, 0) is 11.2 Å². The van der Waals surface area contributed by atoms with Crippen molar-refractivity contribution < 1.29 is 9.90 Å².